The second kappa shape index (κ2) is 7.02. The van der Waals surface area contributed by atoms with Gasteiger partial charge in [-0.05, 0) is 0 Å². The van der Waals surface area contributed by atoms with Gasteiger partial charge in [0.1, 0.15) is 0 Å². The molecule has 1 saturated heterocycles. The Bertz CT molecular complexity index is 992. The number of rotatable bonds is 3. The molecule has 158 valence electrons. The molecule has 1 aliphatic rings. The van der Waals surface area contributed by atoms with Crippen LogP contribution >= 0.6 is 7.06 Å². The van der Waals surface area contributed by atoms with Crippen molar-refractivity contribution in [3.05, 3.63) is 90.0 Å². The maximum atomic E-state index is 6.84. The molecule has 0 radical (unpaired) electrons. The maximum absolute atomic E-state index is 6.84. The molecule has 1 aliphatic heterocycles. The van der Waals surface area contributed by atoms with Gasteiger partial charge in [0.15, 0.2) is 0 Å². The summed E-state index contributed by atoms with van der Waals surface area (Å²) in [6.07, 6.45) is 0. The summed E-state index contributed by atoms with van der Waals surface area (Å²) in [7, 11) is -3.55. The van der Waals surface area contributed by atoms with Gasteiger partial charge in [0.05, 0.1) is 0 Å². The monoisotopic (exact) mass is 420 g/mol. The van der Waals surface area contributed by atoms with Crippen molar-refractivity contribution in [1.82, 2.24) is 0 Å². The summed E-state index contributed by atoms with van der Waals surface area (Å²) in [5.41, 5.74) is 2.45. The first kappa shape index (κ1) is 21.2. The van der Waals surface area contributed by atoms with Crippen molar-refractivity contribution < 1.29 is 9.05 Å². The van der Waals surface area contributed by atoms with Gasteiger partial charge in [0.2, 0.25) is 0 Å². The zero-order chi connectivity index (χ0) is 21.6. The van der Waals surface area contributed by atoms with Crippen LogP contribution in [0.1, 0.15) is 52.7 Å². The van der Waals surface area contributed by atoms with Crippen molar-refractivity contribution in [3.8, 4) is 0 Å². The van der Waals surface area contributed by atoms with E-state index >= 15 is 0 Å². The first-order valence-corrected chi connectivity index (χ1v) is 12.8. The van der Waals surface area contributed by atoms with E-state index in [1.54, 1.807) is 0 Å². The molecule has 0 saturated carbocycles. The predicted octanol–water partition coefficient (Wildman–Crippen LogP) is 5.95. The van der Waals surface area contributed by atoms with Gasteiger partial charge >= 0.3 is 181 Å². The number of benzene rings is 3. The molecule has 3 aromatic carbocycles. The summed E-state index contributed by atoms with van der Waals surface area (Å²) in [6.45, 7) is 13.9. The molecular weight excluding hydrogens is 387 g/mol. The van der Waals surface area contributed by atoms with Crippen LogP contribution in [0.4, 0.5) is 0 Å². The fourth-order valence-electron chi connectivity index (χ4n) is 4.67. The molecule has 0 unspecified atom stereocenters. The van der Waals surface area contributed by atoms with E-state index in [-0.39, 0.29) is 10.8 Å². The van der Waals surface area contributed by atoms with Gasteiger partial charge in [-0.25, -0.2) is 0 Å². The van der Waals surface area contributed by atoms with Crippen LogP contribution in [0.2, 0.25) is 0 Å². The molecule has 4 rings (SSSR count). The Hall–Kier alpha value is -1.99. The van der Waals surface area contributed by atoms with Gasteiger partial charge in [-0.3, -0.25) is 0 Å². The third kappa shape index (κ3) is 2.97. The fourth-order valence-corrected chi connectivity index (χ4v) is 9.88. The van der Waals surface area contributed by atoms with Crippen molar-refractivity contribution in [2.24, 2.45) is 0 Å². The van der Waals surface area contributed by atoms with Gasteiger partial charge in [0.25, 0.3) is 0 Å². The van der Waals surface area contributed by atoms with E-state index in [1.165, 1.54) is 21.7 Å². The summed E-state index contributed by atoms with van der Waals surface area (Å²) in [4.78, 5) is 0. The van der Waals surface area contributed by atoms with E-state index in [0.29, 0.717) is 6.79 Å². The van der Waals surface area contributed by atoms with Crippen molar-refractivity contribution in [3.63, 3.8) is 0 Å². The third-order valence-electron chi connectivity index (χ3n) is 6.12. The second-order valence-electron chi connectivity index (χ2n) is 10.2. The molecule has 2 nitrogen and oxygen atoms in total. The molecule has 1 heterocycles. The van der Waals surface area contributed by atoms with Gasteiger partial charge in [-0.1, -0.05) is 0 Å². The number of hydrogen-bond donors (Lipinski definition) is 0. The molecule has 0 aliphatic carbocycles. The van der Waals surface area contributed by atoms with Crippen molar-refractivity contribution in [2.75, 3.05) is 6.79 Å². The van der Waals surface area contributed by atoms with E-state index in [2.05, 4.69) is 120 Å². The van der Waals surface area contributed by atoms with Crippen molar-refractivity contribution >= 4 is 23.0 Å². The molecular formula is C27H33O2P. The van der Waals surface area contributed by atoms with Crippen LogP contribution in [0.5, 0.6) is 0 Å². The summed E-state index contributed by atoms with van der Waals surface area (Å²) in [5, 5.41) is 3.50. The molecule has 30 heavy (non-hydrogen) atoms. The molecule has 3 heteroatoms. The van der Waals surface area contributed by atoms with Crippen LogP contribution in [0.3, 0.4) is 0 Å². The molecule has 0 aromatic heterocycles. The molecule has 0 bridgehead atoms. The van der Waals surface area contributed by atoms with Gasteiger partial charge in [-0.15, -0.1) is 0 Å². The quantitative estimate of drug-likeness (QED) is 0.488. The molecule has 0 amide bonds. The first-order valence-electron chi connectivity index (χ1n) is 10.7. The van der Waals surface area contributed by atoms with Crippen LogP contribution in [-0.2, 0) is 19.9 Å². The first-order chi connectivity index (χ1) is 14.1. The minimum atomic E-state index is -3.55. The average molecular weight is 421 g/mol. The minimum absolute atomic E-state index is 0.0464. The summed E-state index contributed by atoms with van der Waals surface area (Å²) in [5.74, 6) is 0. The third-order valence-corrected chi connectivity index (χ3v) is 11.1. The zero-order valence-electron chi connectivity index (χ0n) is 19.0. The van der Waals surface area contributed by atoms with Crippen LogP contribution in [-0.4, -0.2) is 6.79 Å². The molecule has 0 spiro atoms. The molecule has 3 aromatic rings. The number of hydrogen-bond acceptors (Lipinski definition) is 2. The average Bonchev–Trinajstić information content (AvgIpc) is 2.68. The predicted molar refractivity (Wildman–Crippen MR) is 130 cm³/mol. The molecule has 1 fully saturated rings. The normalized spacial score (nSPS) is 19.3. The van der Waals surface area contributed by atoms with Gasteiger partial charge in [-0.2, -0.15) is 0 Å². The van der Waals surface area contributed by atoms with E-state index in [1.807, 2.05) is 0 Å². The Kier molecular flexibility index (Phi) is 4.97. The SMILES string of the molecule is CC(C)(C)c1ccccc1P1(c2ccccc2)(c2ccccc2C(C)(C)C)OCO1. The van der Waals surface area contributed by atoms with Crippen LogP contribution in [0, 0.1) is 0 Å². The Morgan fingerprint density at radius 3 is 1.33 bits per heavy atom. The Labute approximate surface area is 181 Å². The molecule has 0 atom stereocenters. The van der Waals surface area contributed by atoms with Crippen molar-refractivity contribution in [2.45, 2.75) is 52.4 Å². The summed E-state index contributed by atoms with van der Waals surface area (Å²) in [6, 6.07) is 28.0. The van der Waals surface area contributed by atoms with E-state index in [0.717, 1.165) is 5.30 Å². The van der Waals surface area contributed by atoms with Crippen LogP contribution < -0.4 is 15.9 Å². The Balaban J connectivity index is 2.20. The van der Waals surface area contributed by atoms with E-state index in [9.17, 15) is 0 Å². The standard InChI is InChI=1S/C27H33O2P/c1-26(2,3)22-16-10-12-18-24(22)30(28-20-29-30,21-14-8-7-9-15-21)25-19-13-11-17-23(25)27(4,5)6/h7-19H,20H2,1-6H3. The summed E-state index contributed by atoms with van der Waals surface area (Å²) >= 11 is 0. The van der Waals surface area contributed by atoms with E-state index < -0.39 is 7.06 Å². The molecule has 0 N–H and O–H groups in total. The fraction of sp³-hybridized carbons (Fsp3) is 0.333. The van der Waals surface area contributed by atoms with Gasteiger partial charge in [0, 0.05) is 0 Å². The zero-order valence-corrected chi connectivity index (χ0v) is 19.9. The summed E-state index contributed by atoms with van der Waals surface area (Å²) < 4.78 is 13.7. The second-order valence-corrected chi connectivity index (χ2v) is 14.1. The topological polar surface area (TPSA) is 18.5 Å². The Morgan fingerprint density at radius 2 is 0.967 bits per heavy atom. The van der Waals surface area contributed by atoms with Crippen LogP contribution in [0.25, 0.3) is 0 Å². The Morgan fingerprint density at radius 1 is 0.567 bits per heavy atom. The van der Waals surface area contributed by atoms with Crippen molar-refractivity contribution in [1.29, 1.82) is 0 Å². The van der Waals surface area contributed by atoms with E-state index in [4.69, 9.17) is 9.05 Å². The van der Waals surface area contributed by atoms with Gasteiger partial charge < -0.3 is 0 Å². The van der Waals surface area contributed by atoms with Crippen LogP contribution in [0.15, 0.2) is 78.9 Å².